The zero-order chi connectivity index (χ0) is 19.5. The van der Waals surface area contributed by atoms with Crippen molar-refractivity contribution in [2.24, 2.45) is 0 Å². The third-order valence-electron chi connectivity index (χ3n) is 5.40. The van der Waals surface area contributed by atoms with Crippen LogP contribution < -0.4 is 15.0 Å². The van der Waals surface area contributed by atoms with E-state index in [9.17, 15) is 4.79 Å². The first-order valence-electron chi connectivity index (χ1n) is 9.71. The first-order valence-corrected chi connectivity index (χ1v) is 9.71. The molecule has 2 heterocycles. The van der Waals surface area contributed by atoms with E-state index in [2.05, 4.69) is 45.4 Å². The molecule has 0 saturated carbocycles. The van der Waals surface area contributed by atoms with E-state index in [0.717, 1.165) is 48.4 Å². The van der Waals surface area contributed by atoms with Gasteiger partial charge in [0.05, 0.1) is 31.8 Å². The second-order valence-corrected chi connectivity index (χ2v) is 7.46. The molecule has 0 radical (unpaired) electrons. The predicted molar refractivity (Wildman–Crippen MR) is 108 cm³/mol. The summed E-state index contributed by atoms with van der Waals surface area (Å²) in [4.78, 5) is 13.7. The molecule has 4 rings (SSSR count). The summed E-state index contributed by atoms with van der Waals surface area (Å²) in [6, 6.07) is 14.1. The van der Waals surface area contributed by atoms with Gasteiger partial charge < -0.3 is 15.0 Å². The number of likely N-dealkylation sites (tertiary alicyclic amines) is 1. The maximum absolute atomic E-state index is 12.4. The van der Waals surface area contributed by atoms with Crippen molar-refractivity contribution >= 4 is 22.6 Å². The fraction of sp³-hybridized carbons (Fsp3) is 0.381. The van der Waals surface area contributed by atoms with Gasteiger partial charge in [-0.05, 0) is 36.8 Å². The maximum Gasteiger partial charge on any atom is 0.279 e. The van der Waals surface area contributed by atoms with Crippen molar-refractivity contribution in [3.8, 4) is 5.75 Å². The van der Waals surface area contributed by atoms with E-state index in [1.54, 1.807) is 7.11 Å². The molecule has 2 N–H and O–H groups in total. The number of nitrogens with one attached hydrogen (secondary N) is 2. The molecule has 146 valence electrons. The Bertz CT molecular complexity index is 976. The first kappa shape index (κ1) is 18.4. The number of carbonyl (C=O) groups is 1. The Labute approximate surface area is 164 Å². The summed E-state index contributed by atoms with van der Waals surface area (Å²) in [5.74, 6) is 0.768. The minimum Gasteiger partial charge on any atom is -0.497 e. The minimum absolute atomic E-state index is 0.0309. The number of carbonyl (C=O) groups excluding carboxylic acids is 1. The molecule has 1 aromatic heterocycles. The average molecular weight is 380 g/mol. The number of benzene rings is 2. The molecule has 1 fully saturated rings. The summed E-state index contributed by atoms with van der Waals surface area (Å²) in [5.41, 5.74) is 4.01. The van der Waals surface area contributed by atoms with Crippen molar-refractivity contribution in [2.75, 3.05) is 32.1 Å². The van der Waals surface area contributed by atoms with Gasteiger partial charge in [0.25, 0.3) is 5.91 Å². The molecule has 28 heavy (non-hydrogen) atoms. The average Bonchev–Trinajstić information content (AvgIpc) is 3.11. The first-order chi connectivity index (χ1) is 13.6. The normalized spacial score (nSPS) is 19.5. The van der Waals surface area contributed by atoms with Crippen molar-refractivity contribution in [1.29, 1.82) is 0 Å². The number of hydrogen-bond acceptors (Lipinski definition) is 4. The van der Waals surface area contributed by atoms with Crippen LogP contribution in [0.4, 0.5) is 5.69 Å². The number of methoxy groups -OCH3 is 1. The van der Waals surface area contributed by atoms with E-state index in [0.29, 0.717) is 12.6 Å². The highest BCUT2D eigenvalue weighted by Crippen LogP contribution is 2.22. The lowest BCUT2D eigenvalue weighted by atomic mass is 10.0. The molecule has 1 saturated heterocycles. The number of amides is 1. The quantitative estimate of drug-likeness (QED) is 0.705. The fourth-order valence-corrected chi connectivity index (χ4v) is 3.89. The van der Waals surface area contributed by atoms with Crippen LogP contribution in [0, 0.1) is 6.92 Å². The summed E-state index contributed by atoms with van der Waals surface area (Å²) in [5, 5.41) is 11.7. The number of nitrogens with zero attached hydrogens (tertiary/aromatic N) is 3. The van der Waals surface area contributed by atoms with Gasteiger partial charge in [0.1, 0.15) is 11.3 Å². The third-order valence-corrected chi connectivity index (χ3v) is 5.40. The van der Waals surface area contributed by atoms with Crippen LogP contribution in [-0.4, -0.2) is 47.6 Å². The van der Waals surface area contributed by atoms with E-state index < -0.39 is 0 Å². The van der Waals surface area contributed by atoms with Crippen molar-refractivity contribution in [3.63, 3.8) is 0 Å². The van der Waals surface area contributed by atoms with E-state index in [1.807, 2.05) is 24.3 Å². The van der Waals surface area contributed by atoms with Gasteiger partial charge >= 0.3 is 0 Å². The SMILES string of the molecule is COc1cccc(NC(=O)C[NH+]2CCC(n3nnc4cc(C)ccc43)CC2)c1. The molecular formula is C21H26N5O2+. The number of aromatic nitrogens is 3. The lowest BCUT2D eigenvalue weighted by molar-refractivity contribution is -0.897. The zero-order valence-electron chi connectivity index (χ0n) is 16.3. The van der Waals surface area contributed by atoms with Crippen molar-refractivity contribution in [2.45, 2.75) is 25.8 Å². The van der Waals surface area contributed by atoms with Crippen LogP contribution in [0.15, 0.2) is 42.5 Å². The number of hydrogen-bond donors (Lipinski definition) is 2. The van der Waals surface area contributed by atoms with Crippen molar-refractivity contribution in [1.82, 2.24) is 15.0 Å². The number of aryl methyl sites for hydroxylation is 1. The van der Waals surface area contributed by atoms with Crippen molar-refractivity contribution in [3.05, 3.63) is 48.0 Å². The van der Waals surface area contributed by atoms with Gasteiger partial charge in [0.15, 0.2) is 6.54 Å². The van der Waals surface area contributed by atoms with E-state index in [-0.39, 0.29) is 5.91 Å². The molecule has 0 bridgehead atoms. The molecule has 3 aromatic rings. The van der Waals surface area contributed by atoms with Gasteiger partial charge in [0, 0.05) is 24.6 Å². The Balaban J connectivity index is 1.33. The predicted octanol–water partition coefficient (Wildman–Crippen LogP) is 1.61. The maximum atomic E-state index is 12.4. The summed E-state index contributed by atoms with van der Waals surface area (Å²) in [7, 11) is 1.62. The molecule has 1 aliphatic heterocycles. The largest absolute Gasteiger partial charge is 0.497 e. The number of anilines is 1. The smallest absolute Gasteiger partial charge is 0.279 e. The minimum atomic E-state index is 0.0309. The molecule has 0 unspecified atom stereocenters. The lowest BCUT2D eigenvalue weighted by Gasteiger charge is -2.29. The van der Waals surface area contributed by atoms with Crippen LogP contribution in [0.1, 0.15) is 24.4 Å². The standard InChI is InChI=1S/C21H25N5O2/c1-15-6-7-20-19(12-15)23-24-26(20)17-8-10-25(11-9-17)14-21(27)22-16-4-3-5-18(13-16)28-2/h3-7,12-13,17H,8-11,14H2,1-2H3,(H,22,27)/p+1. The van der Waals surface area contributed by atoms with Crippen LogP contribution in [0.2, 0.25) is 0 Å². The summed E-state index contributed by atoms with van der Waals surface area (Å²) >= 11 is 0. The molecule has 7 heteroatoms. The number of fused-ring (bicyclic) bond motifs is 1. The van der Waals surface area contributed by atoms with Crippen LogP contribution in [0.25, 0.3) is 11.0 Å². The molecule has 1 aliphatic rings. The van der Waals surface area contributed by atoms with E-state index in [4.69, 9.17) is 4.74 Å². The van der Waals surface area contributed by atoms with Crippen LogP contribution >= 0.6 is 0 Å². The topological polar surface area (TPSA) is 73.5 Å². The third kappa shape index (κ3) is 3.99. The molecular weight excluding hydrogens is 354 g/mol. The highest BCUT2D eigenvalue weighted by atomic mass is 16.5. The van der Waals surface area contributed by atoms with Crippen molar-refractivity contribution < 1.29 is 14.4 Å². The molecule has 2 aromatic carbocycles. The summed E-state index contributed by atoms with van der Waals surface area (Å²) in [6.07, 6.45) is 1.99. The Morgan fingerprint density at radius 3 is 2.86 bits per heavy atom. The number of quaternary nitrogens is 1. The summed E-state index contributed by atoms with van der Waals surface area (Å²) in [6.45, 7) is 4.44. The molecule has 0 atom stereocenters. The Morgan fingerprint density at radius 2 is 2.07 bits per heavy atom. The van der Waals surface area contributed by atoms with E-state index in [1.165, 1.54) is 10.5 Å². The highest BCUT2D eigenvalue weighted by molar-refractivity contribution is 5.91. The molecule has 0 spiro atoms. The fourth-order valence-electron chi connectivity index (χ4n) is 3.89. The van der Waals surface area contributed by atoms with Crippen LogP contribution in [0.5, 0.6) is 5.75 Å². The molecule has 7 nitrogen and oxygen atoms in total. The number of rotatable bonds is 5. The van der Waals surface area contributed by atoms with Gasteiger partial charge in [-0.3, -0.25) is 4.79 Å². The number of piperidine rings is 1. The zero-order valence-corrected chi connectivity index (χ0v) is 16.3. The van der Waals surface area contributed by atoms with Gasteiger partial charge in [-0.2, -0.15) is 0 Å². The Hall–Kier alpha value is -2.93. The second-order valence-electron chi connectivity index (χ2n) is 7.46. The van der Waals surface area contributed by atoms with Gasteiger partial charge in [0.2, 0.25) is 0 Å². The summed E-state index contributed by atoms with van der Waals surface area (Å²) < 4.78 is 7.26. The Morgan fingerprint density at radius 1 is 1.25 bits per heavy atom. The monoisotopic (exact) mass is 380 g/mol. The molecule has 0 aliphatic carbocycles. The highest BCUT2D eigenvalue weighted by Gasteiger charge is 2.26. The van der Waals surface area contributed by atoms with Crippen LogP contribution in [-0.2, 0) is 4.79 Å². The van der Waals surface area contributed by atoms with Gasteiger partial charge in [-0.15, -0.1) is 5.10 Å². The van der Waals surface area contributed by atoms with Gasteiger partial charge in [-0.25, -0.2) is 4.68 Å². The number of ether oxygens (including phenoxy) is 1. The van der Waals surface area contributed by atoms with Crippen LogP contribution in [0.3, 0.4) is 0 Å². The van der Waals surface area contributed by atoms with E-state index >= 15 is 0 Å². The second kappa shape index (κ2) is 7.98. The lowest BCUT2D eigenvalue weighted by Crippen LogP contribution is -3.14. The Kier molecular flexibility index (Phi) is 5.25. The molecule has 1 amide bonds. The van der Waals surface area contributed by atoms with Gasteiger partial charge in [-0.1, -0.05) is 17.3 Å².